The lowest BCUT2D eigenvalue weighted by Crippen LogP contribution is -2.29. The van der Waals surface area contributed by atoms with Gasteiger partial charge in [-0.1, -0.05) is 26.0 Å². The summed E-state index contributed by atoms with van der Waals surface area (Å²) in [5.41, 5.74) is 0.668. The van der Waals surface area contributed by atoms with Gasteiger partial charge in [-0.15, -0.1) is 11.8 Å². The fourth-order valence-electron chi connectivity index (χ4n) is 2.78. The van der Waals surface area contributed by atoms with E-state index in [0.29, 0.717) is 23.8 Å². The quantitative estimate of drug-likeness (QED) is 0.577. The van der Waals surface area contributed by atoms with E-state index in [0.717, 1.165) is 43.7 Å². The number of rotatable bonds is 8. The molecule has 0 saturated carbocycles. The van der Waals surface area contributed by atoms with Crippen molar-refractivity contribution in [3.63, 3.8) is 0 Å². The maximum absolute atomic E-state index is 12.4. The standard InChI is InChI=1S/C19H28N2O2S/c1-15(2)8-7-11-20-19(23)16-9-3-4-10-17(16)24-14-18(22)21-12-5-6-13-21/h3-4,9-10,15H,5-8,11-14H2,1-2H3,(H,20,23). The topological polar surface area (TPSA) is 49.4 Å². The van der Waals surface area contributed by atoms with Crippen LogP contribution in [0, 0.1) is 5.92 Å². The van der Waals surface area contributed by atoms with Crippen molar-refractivity contribution >= 4 is 23.6 Å². The van der Waals surface area contributed by atoms with Crippen LogP contribution in [0.15, 0.2) is 29.2 Å². The van der Waals surface area contributed by atoms with Crippen LogP contribution < -0.4 is 5.32 Å². The molecular weight excluding hydrogens is 320 g/mol. The van der Waals surface area contributed by atoms with Crippen LogP contribution in [-0.2, 0) is 4.79 Å². The van der Waals surface area contributed by atoms with Crippen molar-refractivity contribution in [2.24, 2.45) is 5.92 Å². The summed E-state index contributed by atoms with van der Waals surface area (Å²) >= 11 is 1.46. The highest BCUT2D eigenvalue weighted by atomic mass is 32.2. The molecule has 1 aromatic rings. The van der Waals surface area contributed by atoms with Crippen LogP contribution in [-0.4, -0.2) is 42.1 Å². The van der Waals surface area contributed by atoms with Crippen LogP contribution in [0.2, 0.25) is 0 Å². The Labute approximate surface area is 149 Å². The Hall–Kier alpha value is -1.49. The van der Waals surface area contributed by atoms with Crippen LogP contribution in [0.1, 0.15) is 49.9 Å². The van der Waals surface area contributed by atoms with Gasteiger partial charge in [-0.3, -0.25) is 9.59 Å². The van der Waals surface area contributed by atoms with E-state index >= 15 is 0 Å². The zero-order chi connectivity index (χ0) is 17.4. The predicted octanol–water partition coefficient (Wildman–Crippen LogP) is 3.57. The molecule has 1 heterocycles. The molecule has 1 aliphatic rings. The summed E-state index contributed by atoms with van der Waals surface area (Å²) in [7, 11) is 0. The van der Waals surface area contributed by atoms with E-state index in [-0.39, 0.29) is 11.8 Å². The highest BCUT2D eigenvalue weighted by molar-refractivity contribution is 8.00. The van der Waals surface area contributed by atoms with Gasteiger partial charge >= 0.3 is 0 Å². The molecule has 0 bridgehead atoms. The molecule has 2 rings (SSSR count). The van der Waals surface area contributed by atoms with Crippen molar-refractivity contribution in [1.82, 2.24) is 10.2 Å². The first-order valence-electron chi connectivity index (χ1n) is 8.85. The van der Waals surface area contributed by atoms with Gasteiger partial charge in [0.05, 0.1) is 11.3 Å². The molecule has 0 radical (unpaired) electrons. The summed E-state index contributed by atoms with van der Waals surface area (Å²) in [6.07, 6.45) is 4.31. The van der Waals surface area contributed by atoms with E-state index in [1.54, 1.807) is 0 Å². The van der Waals surface area contributed by atoms with Gasteiger partial charge in [0.25, 0.3) is 5.91 Å². The fourth-order valence-corrected chi connectivity index (χ4v) is 3.74. The number of amides is 2. The molecule has 1 saturated heterocycles. The largest absolute Gasteiger partial charge is 0.352 e. The van der Waals surface area contributed by atoms with Crippen molar-refractivity contribution in [1.29, 1.82) is 0 Å². The molecule has 1 N–H and O–H groups in total. The Morgan fingerprint density at radius 3 is 2.62 bits per heavy atom. The normalized spacial score (nSPS) is 14.2. The number of benzene rings is 1. The second-order valence-corrected chi connectivity index (χ2v) is 7.68. The van der Waals surface area contributed by atoms with E-state index in [1.807, 2.05) is 29.2 Å². The summed E-state index contributed by atoms with van der Waals surface area (Å²) in [5.74, 6) is 1.18. The Kier molecular flexibility index (Phi) is 7.63. The molecule has 0 aliphatic carbocycles. The Morgan fingerprint density at radius 2 is 1.92 bits per heavy atom. The van der Waals surface area contributed by atoms with Crippen molar-refractivity contribution in [3.05, 3.63) is 29.8 Å². The Balaban J connectivity index is 1.86. The van der Waals surface area contributed by atoms with Gasteiger partial charge in [0, 0.05) is 24.5 Å². The lowest BCUT2D eigenvalue weighted by molar-refractivity contribution is -0.127. The highest BCUT2D eigenvalue weighted by Gasteiger charge is 2.19. The average molecular weight is 349 g/mol. The summed E-state index contributed by atoms with van der Waals surface area (Å²) in [6.45, 7) is 6.81. The van der Waals surface area contributed by atoms with Crippen molar-refractivity contribution in [2.45, 2.75) is 44.4 Å². The number of hydrogen-bond acceptors (Lipinski definition) is 3. The summed E-state index contributed by atoms with van der Waals surface area (Å²) in [4.78, 5) is 27.4. The first-order chi connectivity index (χ1) is 11.6. The first-order valence-corrected chi connectivity index (χ1v) is 9.84. The minimum absolute atomic E-state index is 0.0459. The lowest BCUT2D eigenvalue weighted by atomic mass is 10.1. The number of carbonyl (C=O) groups is 2. The first kappa shape index (κ1) is 18.8. The van der Waals surface area contributed by atoms with Gasteiger partial charge in [-0.25, -0.2) is 0 Å². The summed E-state index contributed by atoms with van der Waals surface area (Å²) in [6, 6.07) is 7.54. The molecule has 4 nitrogen and oxygen atoms in total. The molecule has 132 valence electrons. The van der Waals surface area contributed by atoms with E-state index in [1.165, 1.54) is 11.8 Å². The maximum Gasteiger partial charge on any atom is 0.252 e. The van der Waals surface area contributed by atoms with E-state index in [2.05, 4.69) is 19.2 Å². The third-order valence-electron chi connectivity index (χ3n) is 4.19. The number of thioether (sulfide) groups is 1. The highest BCUT2D eigenvalue weighted by Crippen LogP contribution is 2.23. The lowest BCUT2D eigenvalue weighted by Gasteiger charge is -2.15. The number of carbonyl (C=O) groups excluding carboxylic acids is 2. The minimum Gasteiger partial charge on any atom is -0.352 e. The third-order valence-corrected chi connectivity index (χ3v) is 5.24. The molecular formula is C19H28N2O2S. The van der Waals surface area contributed by atoms with Gasteiger partial charge < -0.3 is 10.2 Å². The van der Waals surface area contributed by atoms with Gasteiger partial charge in [0.2, 0.25) is 5.91 Å². The van der Waals surface area contributed by atoms with Gasteiger partial charge in [-0.05, 0) is 43.7 Å². The monoisotopic (exact) mass is 348 g/mol. The van der Waals surface area contributed by atoms with Gasteiger partial charge in [-0.2, -0.15) is 0 Å². The molecule has 5 heteroatoms. The predicted molar refractivity (Wildman–Crippen MR) is 99.4 cm³/mol. The zero-order valence-electron chi connectivity index (χ0n) is 14.7. The number of nitrogens with zero attached hydrogens (tertiary/aromatic N) is 1. The number of nitrogens with one attached hydrogen (secondary N) is 1. The molecule has 1 aromatic carbocycles. The number of hydrogen-bond donors (Lipinski definition) is 1. The van der Waals surface area contributed by atoms with Crippen molar-refractivity contribution < 1.29 is 9.59 Å². The van der Waals surface area contributed by atoms with Crippen LogP contribution in [0.4, 0.5) is 0 Å². The minimum atomic E-state index is -0.0459. The molecule has 24 heavy (non-hydrogen) atoms. The smallest absolute Gasteiger partial charge is 0.252 e. The van der Waals surface area contributed by atoms with Crippen LogP contribution >= 0.6 is 11.8 Å². The van der Waals surface area contributed by atoms with Gasteiger partial charge in [0.1, 0.15) is 0 Å². The van der Waals surface area contributed by atoms with Crippen molar-refractivity contribution in [3.8, 4) is 0 Å². The molecule has 0 aromatic heterocycles. The van der Waals surface area contributed by atoms with Crippen LogP contribution in [0.3, 0.4) is 0 Å². The summed E-state index contributed by atoms with van der Waals surface area (Å²) < 4.78 is 0. The molecule has 2 amide bonds. The summed E-state index contributed by atoms with van der Waals surface area (Å²) in [5, 5.41) is 2.99. The maximum atomic E-state index is 12.4. The van der Waals surface area contributed by atoms with Crippen molar-refractivity contribution in [2.75, 3.05) is 25.4 Å². The van der Waals surface area contributed by atoms with E-state index < -0.39 is 0 Å². The molecule has 0 spiro atoms. The fraction of sp³-hybridized carbons (Fsp3) is 0.579. The van der Waals surface area contributed by atoms with E-state index in [9.17, 15) is 9.59 Å². The molecule has 0 unspecified atom stereocenters. The van der Waals surface area contributed by atoms with Crippen LogP contribution in [0.5, 0.6) is 0 Å². The second kappa shape index (κ2) is 9.72. The Bertz CT molecular complexity index is 554. The molecule has 0 atom stereocenters. The SMILES string of the molecule is CC(C)CCCNC(=O)c1ccccc1SCC(=O)N1CCCC1. The van der Waals surface area contributed by atoms with E-state index in [4.69, 9.17) is 0 Å². The average Bonchev–Trinajstić information content (AvgIpc) is 3.11. The Morgan fingerprint density at radius 1 is 1.21 bits per heavy atom. The molecule has 1 fully saturated rings. The van der Waals surface area contributed by atoms with Crippen LogP contribution in [0.25, 0.3) is 0 Å². The number of likely N-dealkylation sites (tertiary alicyclic amines) is 1. The third kappa shape index (κ3) is 5.86. The second-order valence-electron chi connectivity index (χ2n) is 6.66. The van der Waals surface area contributed by atoms with Gasteiger partial charge in [0.15, 0.2) is 0 Å². The molecule has 1 aliphatic heterocycles. The zero-order valence-corrected chi connectivity index (χ0v) is 15.5.